The fourth-order valence-corrected chi connectivity index (χ4v) is 7.06. The minimum absolute atomic E-state index is 0.00146. The van der Waals surface area contributed by atoms with Crippen LogP contribution in [0, 0.1) is 16.7 Å². The van der Waals surface area contributed by atoms with Crippen molar-refractivity contribution >= 4 is 21.7 Å². The number of Topliss-reactive ketones (excluding diaryl/α,β-unsaturated/α-hetero) is 2. The van der Waals surface area contributed by atoms with Crippen molar-refractivity contribution in [2.45, 2.75) is 39.2 Å². The lowest BCUT2D eigenvalue weighted by Crippen LogP contribution is -2.43. The first-order valence-electron chi connectivity index (χ1n) is 10.2. The Morgan fingerprint density at radius 1 is 1.07 bits per heavy atom. The molecule has 0 N–H and O–H groups in total. The Balaban J connectivity index is 1.66. The highest BCUT2D eigenvalue weighted by atomic mass is 32.2. The van der Waals surface area contributed by atoms with Gasteiger partial charge in [0.2, 0.25) is 0 Å². The van der Waals surface area contributed by atoms with Gasteiger partial charge in [-0.2, -0.15) is 8.42 Å². The number of fused-ring (bicyclic) bond motifs is 2. The second-order valence-electron chi connectivity index (χ2n) is 8.99. The number of hydrogen-bond donors (Lipinski definition) is 0. The Hall–Kier alpha value is -2.31. The normalized spacial score (nSPS) is 25.9. The smallest absolute Gasteiger partial charge is 0.269 e. The SMILES string of the molecule is CC1(C)C2CCC1(CS(=O)(=O)OC(C(=O)c1ccccc1)c1ccccc1)C(=O)C2. The molecule has 0 radical (unpaired) electrons. The number of hydrogen-bond acceptors (Lipinski definition) is 5. The monoisotopic (exact) mass is 426 g/mol. The van der Waals surface area contributed by atoms with Gasteiger partial charge in [-0.05, 0) is 29.7 Å². The number of carbonyl (C=O) groups excluding carboxylic acids is 2. The summed E-state index contributed by atoms with van der Waals surface area (Å²) in [4.78, 5) is 25.9. The lowest BCUT2D eigenvalue weighted by molar-refractivity contribution is -0.128. The highest BCUT2D eigenvalue weighted by Crippen LogP contribution is 2.64. The second-order valence-corrected chi connectivity index (χ2v) is 10.6. The maximum Gasteiger partial charge on any atom is 0.269 e. The Labute approximate surface area is 177 Å². The van der Waals surface area contributed by atoms with Crippen LogP contribution in [-0.2, 0) is 19.1 Å². The average Bonchev–Trinajstić information content (AvgIpc) is 3.07. The van der Waals surface area contributed by atoms with E-state index in [1.807, 2.05) is 13.8 Å². The fourth-order valence-electron chi connectivity index (χ4n) is 5.22. The van der Waals surface area contributed by atoms with Crippen LogP contribution < -0.4 is 0 Å². The van der Waals surface area contributed by atoms with Gasteiger partial charge in [0.25, 0.3) is 10.1 Å². The van der Waals surface area contributed by atoms with Crippen LogP contribution in [0.2, 0.25) is 0 Å². The van der Waals surface area contributed by atoms with Gasteiger partial charge in [-0.1, -0.05) is 74.5 Å². The third-order valence-corrected chi connectivity index (χ3v) is 8.54. The molecule has 2 aromatic rings. The summed E-state index contributed by atoms with van der Waals surface area (Å²) in [6, 6.07) is 17.1. The van der Waals surface area contributed by atoms with Crippen LogP contribution >= 0.6 is 0 Å². The molecular formula is C24H26O5S. The van der Waals surface area contributed by atoms with E-state index in [1.54, 1.807) is 60.7 Å². The summed E-state index contributed by atoms with van der Waals surface area (Å²) < 4.78 is 32.0. The Morgan fingerprint density at radius 2 is 1.67 bits per heavy atom. The van der Waals surface area contributed by atoms with Gasteiger partial charge in [0, 0.05) is 12.0 Å². The van der Waals surface area contributed by atoms with Gasteiger partial charge in [-0.25, -0.2) is 0 Å². The lowest BCUT2D eigenvalue weighted by Gasteiger charge is -2.36. The van der Waals surface area contributed by atoms with E-state index in [0.717, 1.165) is 6.42 Å². The molecule has 0 saturated heterocycles. The standard InChI is InChI=1S/C24H26O5S/c1-23(2)19-13-14-24(23,20(25)15-19)16-30(27,28)29-22(18-11-7-4-8-12-18)21(26)17-9-5-3-6-10-17/h3-12,19,22H,13-16H2,1-2H3. The van der Waals surface area contributed by atoms with E-state index in [0.29, 0.717) is 24.0 Å². The van der Waals surface area contributed by atoms with Gasteiger partial charge in [0.1, 0.15) is 5.78 Å². The van der Waals surface area contributed by atoms with E-state index in [-0.39, 0.29) is 17.5 Å². The molecule has 0 aliphatic heterocycles. The molecule has 2 aliphatic carbocycles. The first-order valence-corrected chi connectivity index (χ1v) is 11.8. The maximum atomic E-state index is 13.2. The molecule has 0 heterocycles. The molecule has 3 unspecified atom stereocenters. The Kier molecular flexibility index (Phi) is 5.19. The first kappa shape index (κ1) is 20.9. The van der Waals surface area contributed by atoms with E-state index in [2.05, 4.69) is 0 Å². The Bertz CT molecular complexity index is 1060. The molecular weight excluding hydrogens is 400 g/mol. The summed E-state index contributed by atoms with van der Waals surface area (Å²) in [6.45, 7) is 3.96. The fraction of sp³-hybridized carbons (Fsp3) is 0.417. The third kappa shape index (κ3) is 3.42. The van der Waals surface area contributed by atoms with E-state index >= 15 is 0 Å². The second kappa shape index (κ2) is 7.43. The van der Waals surface area contributed by atoms with Crippen LogP contribution in [0.5, 0.6) is 0 Å². The third-order valence-electron chi connectivity index (χ3n) is 7.20. The molecule has 4 rings (SSSR count). The summed E-state index contributed by atoms with van der Waals surface area (Å²) in [5.74, 6) is -0.602. The zero-order valence-corrected chi connectivity index (χ0v) is 18.0. The predicted octanol–water partition coefficient (Wildman–Crippen LogP) is 4.35. The van der Waals surface area contributed by atoms with Crippen molar-refractivity contribution < 1.29 is 22.2 Å². The van der Waals surface area contributed by atoms with Crippen molar-refractivity contribution in [2.75, 3.05) is 5.75 Å². The van der Waals surface area contributed by atoms with Crippen molar-refractivity contribution in [1.82, 2.24) is 0 Å². The zero-order valence-electron chi connectivity index (χ0n) is 17.2. The van der Waals surface area contributed by atoms with Crippen LogP contribution in [0.1, 0.15) is 55.1 Å². The van der Waals surface area contributed by atoms with Crippen molar-refractivity contribution in [2.24, 2.45) is 16.7 Å². The van der Waals surface area contributed by atoms with E-state index in [9.17, 15) is 18.0 Å². The molecule has 2 aromatic carbocycles. The quantitative estimate of drug-likeness (QED) is 0.486. The number of ketones is 2. The van der Waals surface area contributed by atoms with Crippen LogP contribution in [0.4, 0.5) is 0 Å². The van der Waals surface area contributed by atoms with Gasteiger partial charge >= 0.3 is 0 Å². The molecule has 5 nitrogen and oxygen atoms in total. The molecule has 2 aliphatic rings. The molecule has 0 aromatic heterocycles. The predicted molar refractivity (Wildman–Crippen MR) is 113 cm³/mol. The van der Waals surface area contributed by atoms with E-state index in [4.69, 9.17) is 4.18 Å². The summed E-state index contributed by atoms with van der Waals surface area (Å²) in [5.41, 5.74) is -0.494. The van der Waals surface area contributed by atoms with Gasteiger partial charge in [-0.15, -0.1) is 0 Å². The molecule has 2 fully saturated rings. The minimum atomic E-state index is -4.15. The molecule has 0 amide bonds. The first-order chi connectivity index (χ1) is 14.2. The lowest BCUT2D eigenvalue weighted by atomic mass is 9.70. The highest BCUT2D eigenvalue weighted by molar-refractivity contribution is 7.86. The van der Waals surface area contributed by atoms with E-state index < -0.39 is 32.8 Å². The van der Waals surface area contributed by atoms with Crippen LogP contribution in [-0.4, -0.2) is 25.7 Å². The topological polar surface area (TPSA) is 77.5 Å². The molecule has 30 heavy (non-hydrogen) atoms. The van der Waals surface area contributed by atoms with Gasteiger partial charge in [0.15, 0.2) is 11.9 Å². The zero-order chi connectivity index (χ0) is 21.6. The minimum Gasteiger partial charge on any atom is -0.299 e. The van der Waals surface area contributed by atoms with Crippen molar-refractivity contribution in [3.8, 4) is 0 Å². The van der Waals surface area contributed by atoms with Crippen molar-refractivity contribution in [3.05, 3.63) is 71.8 Å². The number of carbonyl (C=O) groups is 2. The van der Waals surface area contributed by atoms with Crippen LogP contribution in [0.15, 0.2) is 60.7 Å². The largest absolute Gasteiger partial charge is 0.299 e. The summed E-state index contributed by atoms with van der Waals surface area (Å²) in [7, 11) is -4.15. The van der Waals surface area contributed by atoms with Crippen molar-refractivity contribution in [1.29, 1.82) is 0 Å². The molecule has 6 heteroatoms. The van der Waals surface area contributed by atoms with E-state index in [1.165, 1.54) is 0 Å². The molecule has 3 atom stereocenters. The maximum absolute atomic E-state index is 13.2. The van der Waals surface area contributed by atoms with Crippen molar-refractivity contribution in [3.63, 3.8) is 0 Å². The number of benzene rings is 2. The Morgan fingerprint density at radius 3 is 2.20 bits per heavy atom. The highest BCUT2D eigenvalue weighted by Gasteiger charge is 2.65. The van der Waals surface area contributed by atoms with Crippen LogP contribution in [0.25, 0.3) is 0 Å². The molecule has 0 spiro atoms. The number of rotatable bonds is 7. The van der Waals surface area contributed by atoms with Gasteiger partial charge in [-0.3, -0.25) is 13.8 Å². The molecule has 2 saturated carbocycles. The molecule has 158 valence electrons. The summed E-state index contributed by atoms with van der Waals surface area (Å²) in [6.07, 6.45) is 0.536. The average molecular weight is 427 g/mol. The summed E-state index contributed by atoms with van der Waals surface area (Å²) >= 11 is 0. The van der Waals surface area contributed by atoms with Gasteiger partial charge < -0.3 is 0 Å². The van der Waals surface area contributed by atoms with Gasteiger partial charge in [0.05, 0.1) is 11.2 Å². The summed E-state index contributed by atoms with van der Waals surface area (Å²) in [5, 5.41) is 0. The molecule has 2 bridgehead atoms. The van der Waals surface area contributed by atoms with Crippen LogP contribution in [0.3, 0.4) is 0 Å².